The van der Waals surface area contributed by atoms with Crippen molar-refractivity contribution in [3.05, 3.63) is 66.2 Å². The SMILES string of the molecule is C[C@H](NP(=O)(Cl)Oc1ccccc1)C(=O)OCc1ccccc1. The van der Waals surface area contributed by atoms with Crippen LogP contribution in [-0.2, 0) is 20.7 Å². The number of halogens is 1. The van der Waals surface area contributed by atoms with E-state index in [1.165, 1.54) is 6.92 Å². The zero-order valence-corrected chi connectivity index (χ0v) is 14.2. The molecule has 0 saturated carbocycles. The molecule has 2 atom stereocenters. The maximum Gasteiger partial charge on any atom is 0.409 e. The van der Waals surface area contributed by atoms with Crippen molar-refractivity contribution in [2.45, 2.75) is 19.6 Å². The number of rotatable bonds is 7. The van der Waals surface area contributed by atoms with E-state index >= 15 is 0 Å². The van der Waals surface area contributed by atoms with E-state index in [0.29, 0.717) is 5.75 Å². The maximum atomic E-state index is 12.2. The summed E-state index contributed by atoms with van der Waals surface area (Å²) in [7, 11) is 0. The third kappa shape index (κ3) is 6.06. The molecule has 1 unspecified atom stereocenters. The fraction of sp³-hybridized carbons (Fsp3) is 0.188. The van der Waals surface area contributed by atoms with Crippen molar-refractivity contribution in [1.82, 2.24) is 5.09 Å². The first-order valence-electron chi connectivity index (χ1n) is 6.99. The molecule has 0 aliphatic carbocycles. The molecule has 0 aliphatic heterocycles. The van der Waals surface area contributed by atoms with E-state index in [9.17, 15) is 9.36 Å². The van der Waals surface area contributed by atoms with Gasteiger partial charge in [-0.15, -0.1) is 0 Å². The molecular weight excluding hydrogens is 337 g/mol. The molecule has 0 amide bonds. The Hall–Kier alpha value is -1.81. The first-order valence-corrected chi connectivity index (χ1v) is 9.52. The van der Waals surface area contributed by atoms with Crippen molar-refractivity contribution in [2.75, 3.05) is 0 Å². The van der Waals surface area contributed by atoms with Crippen LogP contribution in [0.25, 0.3) is 0 Å². The van der Waals surface area contributed by atoms with Gasteiger partial charge in [-0.1, -0.05) is 48.5 Å². The number of carbonyl (C=O) groups is 1. The Bertz CT molecular complexity index is 681. The lowest BCUT2D eigenvalue weighted by Gasteiger charge is -2.18. The number of nitrogens with one attached hydrogen (secondary N) is 1. The Labute approximate surface area is 139 Å². The Balaban J connectivity index is 1.86. The van der Waals surface area contributed by atoms with Crippen LogP contribution >= 0.6 is 18.1 Å². The van der Waals surface area contributed by atoms with Gasteiger partial charge in [0.05, 0.1) is 0 Å². The summed E-state index contributed by atoms with van der Waals surface area (Å²) < 4.78 is 22.5. The number of carbonyl (C=O) groups excluding carboxylic acids is 1. The standard InChI is InChI=1S/C16H17ClNO4P/c1-13(16(19)21-12-14-8-4-2-5-9-14)18-23(17,20)22-15-10-6-3-7-11-15/h2-11,13H,12H2,1H3,(H,18,20)/t13-,23?/m0/s1. The van der Waals surface area contributed by atoms with E-state index in [0.717, 1.165) is 5.56 Å². The van der Waals surface area contributed by atoms with Crippen LogP contribution in [0.5, 0.6) is 5.75 Å². The molecule has 2 aromatic rings. The lowest BCUT2D eigenvalue weighted by atomic mass is 10.2. The zero-order valence-electron chi connectivity index (χ0n) is 12.5. The van der Waals surface area contributed by atoms with E-state index in [4.69, 9.17) is 20.5 Å². The summed E-state index contributed by atoms with van der Waals surface area (Å²) in [4.78, 5) is 11.9. The Morgan fingerprint density at radius 2 is 1.70 bits per heavy atom. The average molecular weight is 354 g/mol. The van der Waals surface area contributed by atoms with Gasteiger partial charge >= 0.3 is 12.8 Å². The van der Waals surface area contributed by atoms with Crippen LogP contribution in [0.15, 0.2) is 60.7 Å². The van der Waals surface area contributed by atoms with Crippen molar-refractivity contribution < 1.29 is 18.6 Å². The minimum absolute atomic E-state index is 0.137. The number of ether oxygens (including phenoxy) is 1. The van der Waals surface area contributed by atoms with Gasteiger partial charge in [-0.2, -0.15) is 0 Å². The van der Waals surface area contributed by atoms with E-state index in [1.54, 1.807) is 30.3 Å². The molecule has 2 rings (SSSR count). The van der Waals surface area contributed by atoms with Crippen molar-refractivity contribution in [2.24, 2.45) is 0 Å². The minimum atomic E-state index is -3.70. The first-order chi connectivity index (χ1) is 11.0. The summed E-state index contributed by atoms with van der Waals surface area (Å²) in [5, 5.41) is 2.46. The predicted octanol–water partition coefficient (Wildman–Crippen LogP) is 4.13. The van der Waals surface area contributed by atoms with Gasteiger partial charge in [0.2, 0.25) is 0 Å². The van der Waals surface area contributed by atoms with Gasteiger partial charge in [-0.05, 0) is 24.6 Å². The quantitative estimate of drug-likeness (QED) is 0.599. The largest absolute Gasteiger partial charge is 0.460 e. The monoisotopic (exact) mass is 353 g/mol. The normalized spacial score (nSPS) is 14.5. The van der Waals surface area contributed by atoms with Gasteiger partial charge in [-0.25, -0.2) is 9.65 Å². The highest BCUT2D eigenvalue weighted by molar-refractivity contribution is 7.84. The summed E-state index contributed by atoms with van der Waals surface area (Å²) >= 11 is 5.84. The Morgan fingerprint density at radius 1 is 1.13 bits per heavy atom. The topological polar surface area (TPSA) is 64.6 Å². The number of esters is 1. The highest BCUT2D eigenvalue weighted by Crippen LogP contribution is 2.48. The third-order valence-corrected chi connectivity index (χ3v) is 4.53. The predicted molar refractivity (Wildman–Crippen MR) is 89.4 cm³/mol. The molecule has 122 valence electrons. The molecule has 0 radical (unpaired) electrons. The Kier molecular flexibility index (Phi) is 6.22. The van der Waals surface area contributed by atoms with Gasteiger partial charge < -0.3 is 9.26 Å². The van der Waals surface area contributed by atoms with Crippen molar-refractivity contribution in [1.29, 1.82) is 0 Å². The van der Waals surface area contributed by atoms with Crippen LogP contribution < -0.4 is 9.61 Å². The van der Waals surface area contributed by atoms with E-state index in [1.807, 2.05) is 30.3 Å². The van der Waals surface area contributed by atoms with Crippen LogP contribution in [0, 0.1) is 0 Å². The summed E-state index contributed by atoms with van der Waals surface area (Å²) in [5.74, 6) is -0.213. The summed E-state index contributed by atoms with van der Waals surface area (Å²) in [6.07, 6.45) is 0. The molecular formula is C16H17ClNO4P. The summed E-state index contributed by atoms with van der Waals surface area (Å²) in [5.41, 5.74) is 0.864. The lowest BCUT2D eigenvalue weighted by molar-refractivity contribution is -0.146. The molecule has 23 heavy (non-hydrogen) atoms. The molecule has 0 heterocycles. The van der Waals surface area contributed by atoms with Crippen LogP contribution in [0.3, 0.4) is 0 Å². The van der Waals surface area contributed by atoms with Gasteiger partial charge in [0, 0.05) is 11.2 Å². The third-order valence-electron chi connectivity index (χ3n) is 2.89. The molecule has 0 spiro atoms. The van der Waals surface area contributed by atoms with Gasteiger partial charge in [0.1, 0.15) is 18.4 Å². The number of hydrogen-bond acceptors (Lipinski definition) is 4. The van der Waals surface area contributed by atoms with Crippen LogP contribution in [0.2, 0.25) is 0 Å². The van der Waals surface area contributed by atoms with Crippen LogP contribution in [0.1, 0.15) is 12.5 Å². The summed E-state index contributed by atoms with van der Waals surface area (Å²) in [6.45, 7) is -2.05. The first kappa shape index (κ1) is 17.5. The number of para-hydroxylation sites is 1. The van der Waals surface area contributed by atoms with Crippen LogP contribution in [0.4, 0.5) is 0 Å². The van der Waals surface area contributed by atoms with E-state index in [2.05, 4.69) is 5.09 Å². The average Bonchev–Trinajstić information content (AvgIpc) is 2.53. The molecule has 0 aliphatic rings. The molecule has 0 bridgehead atoms. The Morgan fingerprint density at radius 3 is 2.30 bits per heavy atom. The van der Waals surface area contributed by atoms with Crippen molar-refractivity contribution >= 4 is 24.1 Å². The molecule has 0 fully saturated rings. The molecule has 7 heteroatoms. The molecule has 0 saturated heterocycles. The van der Waals surface area contributed by atoms with Crippen LogP contribution in [-0.4, -0.2) is 12.0 Å². The molecule has 0 aromatic heterocycles. The second kappa shape index (κ2) is 8.16. The zero-order chi connectivity index (χ0) is 16.7. The number of benzene rings is 2. The van der Waals surface area contributed by atoms with Crippen molar-refractivity contribution in [3.8, 4) is 5.75 Å². The second-order valence-electron chi connectivity index (χ2n) is 4.83. The number of hydrogen-bond donors (Lipinski definition) is 1. The highest BCUT2D eigenvalue weighted by atomic mass is 35.7. The van der Waals surface area contributed by atoms with Gasteiger partial charge in [0.15, 0.2) is 0 Å². The van der Waals surface area contributed by atoms with E-state index < -0.39 is 18.9 Å². The highest BCUT2D eigenvalue weighted by Gasteiger charge is 2.28. The molecule has 1 N–H and O–H groups in total. The fourth-order valence-electron chi connectivity index (χ4n) is 1.78. The second-order valence-corrected chi connectivity index (χ2v) is 7.56. The maximum absolute atomic E-state index is 12.2. The van der Waals surface area contributed by atoms with Crippen molar-refractivity contribution in [3.63, 3.8) is 0 Å². The smallest absolute Gasteiger partial charge is 0.409 e. The molecule has 2 aromatic carbocycles. The van der Waals surface area contributed by atoms with Gasteiger partial charge in [-0.3, -0.25) is 4.79 Å². The fourth-order valence-corrected chi connectivity index (χ4v) is 3.47. The van der Waals surface area contributed by atoms with E-state index in [-0.39, 0.29) is 6.61 Å². The molecule has 5 nitrogen and oxygen atoms in total. The lowest BCUT2D eigenvalue weighted by Crippen LogP contribution is -2.33. The minimum Gasteiger partial charge on any atom is -0.460 e. The summed E-state index contributed by atoms with van der Waals surface area (Å²) in [6, 6.07) is 16.9. The van der Waals surface area contributed by atoms with Gasteiger partial charge in [0.25, 0.3) is 0 Å².